The first-order chi connectivity index (χ1) is 6.29. The fourth-order valence-corrected chi connectivity index (χ4v) is 0.884. The van der Waals surface area contributed by atoms with Crippen molar-refractivity contribution in [2.24, 2.45) is 0 Å². The van der Waals surface area contributed by atoms with E-state index in [0.29, 0.717) is 6.29 Å². The lowest BCUT2D eigenvalue weighted by molar-refractivity contribution is 0.111. The van der Waals surface area contributed by atoms with Crippen LogP contribution in [0, 0.1) is 18.2 Å². The third-order valence-corrected chi connectivity index (χ3v) is 1.42. The molecule has 66 valence electrons. The Morgan fingerprint density at radius 2 is 2.38 bits per heavy atom. The van der Waals surface area contributed by atoms with Crippen LogP contribution < -0.4 is 4.74 Å². The molecule has 0 spiro atoms. The molecule has 0 amide bonds. The molecule has 0 unspecified atom stereocenters. The van der Waals surface area contributed by atoms with E-state index in [-0.39, 0.29) is 17.9 Å². The van der Waals surface area contributed by atoms with Crippen molar-refractivity contribution in [3.8, 4) is 18.1 Å². The summed E-state index contributed by atoms with van der Waals surface area (Å²) < 4.78 is 17.9. The zero-order valence-electron chi connectivity index (χ0n) is 6.79. The van der Waals surface area contributed by atoms with Crippen molar-refractivity contribution >= 4 is 6.29 Å². The number of terminal acetylenes is 1. The zero-order valence-corrected chi connectivity index (χ0v) is 6.79. The number of carbonyl (C=O) groups excluding carboxylic acids is 1. The van der Waals surface area contributed by atoms with E-state index in [1.165, 1.54) is 18.2 Å². The van der Waals surface area contributed by atoms with E-state index in [4.69, 9.17) is 11.2 Å². The van der Waals surface area contributed by atoms with E-state index >= 15 is 0 Å². The number of ether oxygens (including phenoxy) is 1. The van der Waals surface area contributed by atoms with Crippen LogP contribution in [0.1, 0.15) is 10.4 Å². The molecule has 0 radical (unpaired) electrons. The van der Waals surface area contributed by atoms with Crippen LogP contribution in [-0.2, 0) is 0 Å². The van der Waals surface area contributed by atoms with Crippen LogP contribution in [0.25, 0.3) is 0 Å². The summed E-state index contributed by atoms with van der Waals surface area (Å²) in [6, 6.07) is 4.10. The van der Waals surface area contributed by atoms with Gasteiger partial charge >= 0.3 is 0 Å². The minimum absolute atomic E-state index is 0.0538. The van der Waals surface area contributed by atoms with Gasteiger partial charge in [0.25, 0.3) is 0 Å². The average molecular weight is 178 g/mol. The first-order valence-corrected chi connectivity index (χ1v) is 3.59. The molecule has 0 saturated carbocycles. The third-order valence-electron chi connectivity index (χ3n) is 1.42. The van der Waals surface area contributed by atoms with Crippen molar-refractivity contribution in [2.45, 2.75) is 0 Å². The number of benzene rings is 1. The highest BCUT2D eigenvalue weighted by molar-refractivity contribution is 5.79. The van der Waals surface area contributed by atoms with Crippen molar-refractivity contribution < 1.29 is 13.9 Å². The molecule has 0 aliphatic heterocycles. The molecule has 13 heavy (non-hydrogen) atoms. The number of rotatable bonds is 3. The van der Waals surface area contributed by atoms with Gasteiger partial charge in [-0.15, -0.1) is 6.42 Å². The summed E-state index contributed by atoms with van der Waals surface area (Å²) in [6.07, 6.45) is 5.45. The number of aldehydes is 1. The van der Waals surface area contributed by atoms with Crippen LogP contribution in [0.2, 0.25) is 0 Å². The standard InChI is InChI=1S/C10H7FO2/c1-2-6-13-10-8(7-12)4-3-5-9(10)11/h1,3-5,7H,6H2. The minimum Gasteiger partial charge on any atom is -0.477 e. The summed E-state index contributed by atoms with van der Waals surface area (Å²) >= 11 is 0. The van der Waals surface area contributed by atoms with Gasteiger partial charge in [-0.2, -0.15) is 0 Å². The topological polar surface area (TPSA) is 26.3 Å². The second kappa shape index (κ2) is 4.27. The lowest BCUT2D eigenvalue weighted by Crippen LogP contribution is -1.99. The molecule has 0 heterocycles. The Hall–Kier alpha value is -1.82. The van der Waals surface area contributed by atoms with Crippen molar-refractivity contribution in [1.82, 2.24) is 0 Å². The van der Waals surface area contributed by atoms with Gasteiger partial charge in [-0.1, -0.05) is 12.0 Å². The Morgan fingerprint density at radius 1 is 1.62 bits per heavy atom. The zero-order chi connectivity index (χ0) is 9.68. The molecule has 0 fully saturated rings. The second-order valence-corrected chi connectivity index (χ2v) is 2.27. The van der Waals surface area contributed by atoms with Gasteiger partial charge in [0.05, 0.1) is 5.56 Å². The van der Waals surface area contributed by atoms with E-state index < -0.39 is 5.82 Å². The van der Waals surface area contributed by atoms with E-state index in [0.717, 1.165) is 0 Å². The van der Waals surface area contributed by atoms with Crippen molar-refractivity contribution in [3.63, 3.8) is 0 Å². The molecule has 3 heteroatoms. The van der Waals surface area contributed by atoms with Gasteiger partial charge in [0.15, 0.2) is 17.9 Å². The maximum Gasteiger partial charge on any atom is 0.166 e. The molecule has 0 aliphatic carbocycles. The highest BCUT2D eigenvalue weighted by Crippen LogP contribution is 2.20. The predicted molar refractivity (Wildman–Crippen MR) is 46.1 cm³/mol. The summed E-state index contributed by atoms with van der Waals surface area (Å²) in [6.45, 7) is -0.0538. The third kappa shape index (κ3) is 2.06. The number of para-hydroxylation sites is 1. The molecule has 0 bridgehead atoms. The molecule has 2 nitrogen and oxygen atoms in total. The average Bonchev–Trinajstić information content (AvgIpc) is 2.15. The summed E-state index contributed by atoms with van der Waals surface area (Å²) in [5, 5.41) is 0. The van der Waals surface area contributed by atoms with E-state index in [9.17, 15) is 9.18 Å². The van der Waals surface area contributed by atoms with Gasteiger partial charge in [0.1, 0.15) is 6.61 Å². The Morgan fingerprint density at radius 3 is 3.00 bits per heavy atom. The Balaban J connectivity index is 3.01. The molecular weight excluding hydrogens is 171 g/mol. The Kier molecular flexibility index (Phi) is 3.04. The predicted octanol–water partition coefficient (Wildman–Crippen LogP) is 1.65. The Labute approximate surface area is 75.3 Å². The SMILES string of the molecule is C#CCOc1c(F)cccc1C=O. The highest BCUT2D eigenvalue weighted by atomic mass is 19.1. The number of carbonyl (C=O) groups is 1. The minimum atomic E-state index is -0.583. The van der Waals surface area contributed by atoms with Crippen molar-refractivity contribution in [3.05, 3.63) is 29.6 Å². The first kappa shape index (κ1) is 9.27. The molecule has 0 saturated heterocycles. The van der Waals surface area contributed by atoms with Crippen molar-refractivity contribution in [1.29, 1.82) is 0 Å². The van der Waals surface area contributed by atoms with Gasteiger partial charge in [0.2, 0.25) is 0 Å². The van der Waals surface area contributed by atoms with Crippen LogP contribution in [0.3, 0.4) is 0 Å². The number of halogens is 1. The molecule has 0 aliphatic rings. The van der Waals surface area contributed by atoms with Crippen molar-refractivity contribution in [2.75, 3.05) is 6.61 Å². The molecule has 0 N–H and O–H groups in total. The number of hydrogen-bond donors (Lipinski definition) is 0. The van der Waals surface area contributed by atoms with Crippen LogP contribution in [0.5, 0.6) is 5.75 Å². The lowest BCUT2D eigenvalue weighted by Gasteiger charge is -2.05. The van der Waals surface area contributed by atoms with Gasteiger partial charge in [0, 0.05) is 0 Å². The molecule has 0 atom stereocenters. The highest BCUT2D eigenvalue weighted by Gasteiger charge is 2.07. The van der Waals surface area contributed by atoms with E-state index in [1.54, 1.807) is 0 Å². The molecule has 1 rings (SSSR count). The fourth-order valence-electron chi connectivity index (χ4n) is 0.884. The van der Waals surface area contributed by atoms with Crippen LogP contribution >= 0.6 is 0 Å². The quantitative estimate of drug-likeness (QED) is 0.519. The normalized spacial score (nSPS) is 8.92. The van der Waals surface area contributed by atoms with E-state index in [2.05, 4.69) is 5.92 Å². The van der Waals surface area contributed by atoms with Gasteiger partial charge in [-0.25, -0.2) is 4.39 Å². The smallest absolute Gasteiger partial charge is 0.166 e. The van der Waals surface area contributed by atoms with Gasteiger partial charge in [-0.3, -0.25) is 4.79 Å². The van der Waals surface area contributed by atoms with Gasteiger partial charge in [-0.05, 0) is 12.1 Å². The largest absolute Gasteiger partial charge is 0.477 e. The monoisotopic (exact) mass is 178 g/mol. The first-order valence-electron chi connectivity index (χ1n) is 3.59. The molecule has 1 aromatic carbocycles. The van der Waals surface area contributed by atoms with E-state index in [1.807, 2.05) is 0 Å². The molecule has 0 aromatic heterocycles. The maximum absolute atomic E-state index is 13.0. The molecular formula is C10H7FO2. The molecule has 1 aromatic rings. The summed E-state index contributed by atoms with van der Waals surface area (Å²) in [7, 11) is 0. The van der Waals surface area contributed by atoms with Gasteiger partial charge < -0.3 is 4.74 Å². The maximum atomic E-state index is 13.0. The number of hydrogen-bond acceptors (Lipinski definition) is 2. The summed E-state index contributed by atoms with van der Waals surface area (Å²) in [4.78, 5) is 10.4. The van der Waals surface area contributed by atoms with Crippen LogP contribution in [0.15, 0.2) is 18.2 Å². The second-order valence-electron chi connectivity index (χ2n) is 2.27. The Bertz CT molecular complexity index is 352. The van der Waals surface area contributed by atoms with Crippen LogP contribution in [0.4, 0.5) is 4.39 Å². The lowest BCUT2D eigenvalue weighted by atomic mass is 10.2. The summed E-state index contributed by atoms with van der Waals surface area (Å²) in [5.74, 6) is 1.52. The fraction of sp³-hybridized carbons (Fsp3) is 0.100. The summed E-state index contributed by atoms with van der Waals surface area (Å²) in [5.41, 5.74) is 0.162. The van der Waals surface area contributed by atoms with Crippen LogP contribution in [-0.4, -0.2) is 12.9 Å².